The summed E-state index contributed by atoms with van der Waals surface area (Å²) in [5.41, 5.74) is 2.23. The summed E-state index contributed by atoms with van der Waals surface area (Å²) in [6.07, 6.45) is 0.728. The van der Waals surface area contributed by atoms with Gasteiger partial charge in [0.1, 0.15) is 5.75 Å². The summed E-state index contributed by atoms with van der Waals surface area (Å²) in [6, 6.07) is 18.0. The molecule has 0 spiro atoms. The van der Waals surface area contributed by atoms with Gasteiger partial charge in [-0.2, -0.15) is 0 Å². The number of benzene rings is 2. The van der Waals surface area contributed by atoms with E-state index in [0.717, 1.165) is 23.3 Å². The maximum atomic E-state index is 10.6. The van der Waals surface area contributed by atoms with E-state index in [1.165, 1.54) is 0 Å². The number of amides is 1. The molecule has 1 atom stereocenters. The lowest BCUT2D eigenvalue weighted by atomic mass is 9.90. The number of methoxy groups -OCH3 is 1. The lowest BCUT2D eigenvalue weighted by molar-refractivity contribution is -0.109. The van der Waals surface area contributed by atoms with Gasteiger partial charge in [0.2, 0.25) is 6.41 Å². The highest BCUT2D eigenvalue weighted by Crippen LogP contribution is 2.31. The van der Waals surface area contributed by atoms with Gasteiger partial charge in [-0.25, -0.2) is 0 Å². The van der Waals surface area contributed by atoms with Crippen LogP contribution in [0.4, 0.5) is 0 Å². The van der Waals surface area contributed by atoms with Crippen LogP contribution in [0.15, 0.2) is 54.6 Å². The van der Waals surface area contributed by atoms with Crippen molar-refractivity contribution < 1.29 is 9.53 Å². The maximum Gasteiger partial charge on any atom is 0.207 e. The highest BCUT2D eigenvalue weighted by Gasteiger charge is 2.17. The summed E-state index contributed by atoms with van der Waals surface area (Å²) in [5, 5.41) is 2.76. The summed E-state index contributed by atoms with van der Waals surface area (Å²) in [4.78, 5) is 10.6. The van der Waals surface area contributed by atoms with Crippen molar-refractivity contribution in [3.8, 4) is 5.75 Å². The van der Waals surface area contributed by atoms with Crippen molar-refractivity contribution in [2.24, 2.45) is 0 Å². The molecule has 19 heavy (non-hydrogen) atoms. The minimum Gasteiger partial charge on any atom is -0.496 e. The van der Waals surface area contributed by atoms with Gasteiger partial charge in [0.15, 0.2) is 0 Å². The lowest BCUT2D eigenvalue weighted by Gasteiger charge is -2.20. The average Bonchev–Trinajstić information content (AvgIpc) is 2.49. The van der Waals surface area contributed by atoms with Crippen molar-refractivity contribution in [3.63, 3.8) is 0 Å². The molecule has 0 saturated carbocycles. The highest BCUT2D eigenvalue weighted by atomic mass is 16.5. The quantitative estimate of drug-likeness (QED) is 0.806. The van der Waals surface area contributed by atoms with E-state index >= 15 is 0 Å². The number of nitrogens with one attached hydrogen (secondary N) is 1. The van der Waals surface area contributed by atoms with Crippen LogP contribution in [0.2, 0.25) is 0 Å². The second-order valence-electron chi connectivity index (χ2n) is 4.23. The van der Waals surface area contributed by atoms with Crippen LogP contribution in [0.25, 0.3) is 0 Å². The van der Waals surface area contributed by atoms with Crippen LogP contribution < -0.4 is 10.1 Å². The van der Waals surface area contributed by atoms with Gasteiger partial charge < -0.3 is 10.1 Å². The van der Waals surface area contributed by atoms with Crippen LogP contribution in [0.5, 0.6) is 5.75 Å². The molecular weight excluding hydrogens is 238 g/mol. The average molecular weight is 255 g/mol. The standard InChI is InChI=1S/C16H17NO2/c1-19-16-10-6-5-9-14(16)15(11-17-12-18)13-7-3-2-4-8-13/h2-10,12,15H,11H2,1H3,(H,17,18). The van der Waals surface area contributed by atoms with Crippen molar-refractivity contribution in [2.75, 3.05) is 13.7 Å². The van der Waals surface area contributed by atoms with Crippen LogP contribution in [0.3, 0.4) is 0 Å². The first-order chi connectivity index (χ1) is 9.36. The van der Waals surface area contributed by atoms with Gasteiger partial charge in [-0.15, -0.1) is 0 Å². The molecule has 0 aliphatic rings. The number of rotatable bonds is 6. The third-order valence-corrected chi connectivity index (χ3v) is 3.12. The van der Waals surface area contributed by atoms with Gasteiger partial charge in [0.05, 0.1) is 7.11 Å². The van der Waals surface area contributed by atoms with Crippen LogP contribution >= 0.6 is 0 Å². The van der Waals surface area contributed by atoms with Crippen molar-refractivity contribution >= 4 is 6.41 Å². The molecule has 0 aliphatic carbocycles. The molecule has 0 radical (unpaired) electrons. The molecular formula is C16H17NO2. The molecule has 0 aromatic heterocycles. The summed E-state index contributed by atoms with van der Waals surface area (Å²) in [5.74, 6) is 0.923. The SMILES string of the molecule is COc1ccccc1C(CNC=O)c1ccccc1. The first-order valence-electron chi connectivity index (χ1n) is 6.21. The second-order valence-corrected chi connectivity index (χ2v) is 4.23. The van der Waals surface area contributed by atoms with Gasteiger partial charge in [0, 0.05) is 18.0 Å². The first kappa shape index (κ1) is 13.1. The Balaban J connectivity index is 2.39. The molecule has 2 aromatic carbocycles. The summed E-state index contributed by atoms with van der Waals surface area (Å²) in [6.45, 7) is 0.549. The molecule has 1 amide bonds. The Hall–Kier alpha value is -2.29. The number of ether oxygens (including phenoxy) is 1. The Morgan fingerprint density at radius 3 is 2.47 bits per heavy atom. The van der Waals surface area contributed by atoms with Crippen LogP contribution in [-0.2, 0) is 4.79 Å². The fourth-order valence-electron chi connectivity index (χ4n) is 2.21. The molecule has 0 saturated heterocycles. The third kappa shape index (κ3) is 3.13. The summed E-state index contributed by atoms with van der Waals surface area (Å²) >= 11 is 0. The predicted octanol–water partition coefficient (Wildman–Crippen LogP) is 2.57. The van der Waals surface area contributed by atoms with E-state index in [0.29, 0.717) is 6.54 Å². The van der Waals surface area contributed by atoms with Crippen LogP contribution in [-0.4, -0.2) is 20.1 Å². The third-order valence-electron chi connectivity index (χ3n) is 3.12. The number of carbonyl (C=O) groups excluding carboxylic acids is 1. The molecule has 0 aliphatic heterocycles. The van der Waals surface area contributed by atoms with E-state index in [4.69, 9.17) is 4.74 Å². The van der Waals surface area contributed by atoms with Gasteiger partial charge in [-0.3, -0.25) is 4.79 Å². The molecule has 1 unspecified atom stereocenters. The van der Waals surface area contributed by atoms with Crippen molar-refractivity contribution in [2.45, 2.75) is 5.92 Å². The zero-order valence-corrected chi connectivity index (χ0v) is 10.9. The zero-order chi connectivity index (χ0) is 13.5. The summed E-state index contributed by atoms with van der Waals surface area (Å²) < 4.78 is 5.41. The van der Waals surface area contributed by atoms with Gasteiger partial charge in [-0.05, 0) is 11.6 Å². The van der Waals surface area contributed by atoms with E-state index < -0.39 is 0 Å². The van der Waals surface area contributed by atoms with E-state index in [2.05, 4.69) is 17.4 Å². The van der Waals surface area contributed by atoms with E-state index in [-0.39, 0.29) is 5.92 Å². The number of carbonyl (C=O) groups is 1. The largest absolute Gasteiger partial charge is 0.496 e. The number of hydrogen-bond donors (Lipinski definition) is 1. The topological polar surface area (TPSA) is 38.3 Å². The minimum absolute atomic E-state index is 0.0857. The minimum atomic E-state index is 0.0857. The zero-order valence-electron chi connectivity index (χ0n) is 10.9. The number of para-hydroxylation sites is 1. The second kappa shape index (κ2) is 6.59. The lowest BCUT2D eigenvalue weighted by Crippen LogP contribution is -2.21. The first-order valence-corrected chi connectivity index (χ1v) is 6.21. The fourth-order valence-corrected chi connectivity index (χ4v) is 2.21. The molecule has 0 bridgehead atoms. The smallest absolute Gasteiger partial charge is 0.207 e. The molecule has 3 heteroatoms. The van der Waals surface area contributed by atoms with E-state index in [1.807, 2.05) is 42.5 Å². The fraction of sp³-hybridized carbons (Fsp3) is 0.188. The molecule has 3 nitrogen and oxygen atoms in total. The maximum absolute atomic E-state index is 10.6. The van der Waals surface area contributed by atoms with Gasteiger partial charge >= 0.3 is 0 Å². The Morgan fingerprint density at radius 2 is 1.79 bits per heavy atom. The van der Waals surface area contributed by atoms with Gasteiger partial charge in [0.25, 0.3) is 0 Å². The normalized spacial score (nSPS) is 11.6. The van der Waals surface area contributed by atoms with Crippen LogP contribution in [0.1, 0.15) is 17.0 Å². The van der Waals surface area contributed by atoms with Crippen molar-refractivity contribution in [1.29, 1.82) is 0 Å². The van der Waals surface area contributed by atoms with E-state index in [1.54, 1.807) is 7.11 Å². The molecule has 2 aromatic rings. The van der Waals surface area contributed by atoms with E-state index in [9.17, 15) is 4.79 Å². The molecule has 98 valence electrons. The molecule has 1 N–H and O–H groups in total. The summed E-state index contributed by atoms with van der Waals surface area (Å²) in [7, 11) is 1.66. The predicted molar refractivity (Wildman–Crippen MR) is 75.3 cm³/mol. The van der Waals surface area contributed by atoms with Gasteiger partial charge in [-0.1, -0.05) is 48.5 Å². The Bertz CT molecular complexity index is 525. The Morgan fingerprint density at radius 1 is 1.11 bits per heavy atom. The van der Waals surface area contributed by atoms with Crippen LogP contribution in [0, 0.1) is 0 Å². The molecule has 0 heterocycles. The Labute approximate surface area is 113 Å². The van der Waals surface area contributed by atoms with Crippen molar-refractivity contribution in [3.05, 3.63) is 65.7 Å². The Kier molecular flexibility index (Phi) is 4.56. The monoisotopic (exact) mass is 255 g/mol. The molecule has 2 rings (SSSR count). The van der Waals surface area contributed by atoms with Crippen molar-refractivity contribution in [1.82, 2.24) is 5.32 Å². The molecule has 0 fully saturated rings. The highest BCUT2D eigenvalue weighted by molar-refractivity contribution is 5.48. The number of hydrogen-bond acceptors (Lipinski definition) is 2.